The van der Waals surface area contributed by atoms with E-state index >= 15 is 0 Å². The molecule has 2 rings (SSSR count). The lowest BCUT2D eigenvalue weighted by Crippen LogP contribution is -2.37. The van der Waals surface area contributed by atoms with E-state index in [1.807, 2.05) is 14.0 Å². The van der Waals surface area contributed by atoms with E-state index in [1.165, 1.54) is 0 Å². The second-order valence-corrected chi connectivity index (χ2v) is 4.98. The first-order chi connectivity index (χ1) is 9.99. The number of rotatable bonds is 5. The van der Waals surface area contributed by atoms with Crippen molar-refractivity contribution in [2.75, 3.05) is 5.32 Å². The van der Waals surface area contributed by atoms with Crippen LogP contribution in [-0.4, -0.2) is 26.8 Å². The molecule has 0 bridgehead atoms. The Morgan fingerprint density at radius 3 is 2.71 bits per heavy atom. The summed E-state index contributed by atoms with van der Waals surface area (Å²) >= 11 is 0. The molecular weight excluding hydrogens is 268 g/mol. The summed E-state index contributed by atoms with van der Waals surface area (Å²) in [6.07, 6.45) is 2.92. The summed E-state index contributed by atoms with van der Waals surface area (Å²) in [6, 6.07) is 6.01. The van der Waals surface area contributed by atoms with Crippen molar-refractivity contribution >= 4 is 11.6 Å². The fourth-order valence-corrected chi connectivity index (χ4v) is 2.10. The summed E-state index contributed by atoms with van der Waals surface area (Å²) in [4.78, 5) is 12.1. The van der Waals surface area contributed by atoms with Gasteiger partial charge in [0.05, 0.1) is 17.4 Å². The zero-order chi connectivity index (χ0) is 15.4. The molecule has 1 aromatic heterocycles. The summed E-state index contributed by atoms with van der Waals surface area (Å²) in [5, 5.41) is 16.3. The van der Waals surface area contributed by atoms with Crippen LogP contribution in [0.4, 0.5) is 5.69 Å². The number of nitrogens with two attached hydrogens (primary N) is 1. The Morgan fingerprint density at radius 1 is 1.43 bits per heavy atom. The summed E-state index contributed by atoms with van der Waals surface area (Å²) in [7, 11) is 1.81. The van der Waals surface area contributed by atoms with E-state index in [1.54, 1.807) is 35.1 Å². The van der Waals surface area contributed by atoms with Crippen LogP contribution in [0.1, 0.15) is 18.2 Å². The standard InChI is InChI=1S/C15H20N4O2/c1-3-13-14(9-19(2)18-13)17-15(21)12(16)8-10-4-6-11(20)7-5-10/h4-7,9,12,20H,3,8,16H2,1-2H3,(H,17,21)/t12-/m0/s1. The van der Waals surface area contributed by atoms with Gasteiger partial charge in [-0.3, -0.25) is 9.48 Å². The molecule has 0 spiro atoms. The Morgan fingerprint density at radius 2 is 2.10 bits per heavy atom. The van der Waals surface area contributed by atoms with Crippen LogP contribution in [0.15, 0.2) is 30.5 Å². The number of nitrogens with zero attached hydrogens (tertiary/aromatic N) is 2. The first-order valence-corrected chi connectivity index (χ1v) is 6.86. The molecule has 0 saturated carbocycles. The predicted molar refractivity (Wildman–Crippen MR) is 81.0 cm³/mol. The molecule has 0 radical (unpaired) electrons. The normalized spacial score (nSPS) is 12.1. The average molecular weight is 288 g/mol. The van der Waals surface area contributed by atoms with Gasteiger partial charge in [-0.25, -0.2) is 0 Å². The number of amides is 1. The zero-order valence-electron chi connectivity index (χ0n) is 12.2. The molecular formula is C15H20N4O2. The number of hydrogen-bond donors (Lipinski definition) is 3. The number of nitrogens with one attached hydrogen (secondary N) is 1. The molecule has 6 heteroatoms. The van der Waals surface area contributed by atoms with Crippen LogP contribution in [0.25, 0.3) is 0 Å². The third-order valence-electron chi connectivity index (χ3n) is 3.23. The van der Waals surface area contributed by atoms with Crippen molar-refractivity contribution in [3.05, 3.63) is 41.7 Å². The van der Waals surface area contributed by atoms with Crippen molar-refractivity contribution in [3.8, 4) is 5.75 Å². The summed E-state index contributed by atoms with van der Waals surface area (Å²) < 4.78 is 1.67. The monoisotopic (exact) mass is 288 g/mol. The van der Waals surface area contributed by atoms with Gasteiger partial charge in [0, 0.05) is 13.2 Å². The minimum atomic E-state index is -0.653. The largest absolute Gasteiger partial charge is 0.508 e. The van der Waals surface area contributed by atoms with Crippen molar-refractivity contribution in [1.82, 2.24) is 9.78 Å². The summed E-state index contributed by atoms with van der Waals surface area (Å²) in [6.45, 7) is 1.98. The highest BCUT2D eigenvalue weighted by Gasteiger charge is 2.16. The van der Waals surface area contributed by atoms with Crippen molar-refractivity contribution in [2.45, 2.75) is 25.8 Å². The molecule has 0 unspecified atom stereocenters. The van der Waals surface area contributed by atoms with E-state index in [-0.39, 0.29) is 11.7 Å². The SMILES string of the molecule is CCc1nn(C)cc1NC(=O)[C@@H](N)Cc1ccc(O)cc1. The highest BCUT2D eigenvalue weighted by atomic mass is 16.3. The van der Waals surface area contributed by atoms with Crippen LogP contribution in [0, 0.1) is 0 Å². The maximum Gasteiger partial charge on any atom is 0.241 e. The van der Waals surface area contributed by atoms with Gasteiger partial charge in [0.1, 0.15) is 5.75 Å². The molecule has 0 fully saturated rings. The van der Waals surface area contributed by atoms with Gasteiger partial charge >= 0.3 is 0 Å². The Kier molecular flexibility index (Phi) is 4.59. The van der Waals surface area contributed by atoms with Crippen LogP contribution in [0.5, 0.6) is 5.75 Å². The molecule has 1 aromatic carbocycles. The van der Waals surface area contributed by atoms with Gasteiger partial charge in [-0.15, -0.1) is 0 Å². The fraction of sp³-hybridized carbons (Fsp3) is 0.333. The van der Waals surface area contributed by atoms with Gasteiger partial charge in [-0.1, -0.05) is 19.1 Å². The minimum absolute atomic E-state index is 0.194. The van der Waals surface area contributed by atoms with Crippen molar-refractivity contribution in [2.24, 2.45) is 12.8 Å². The number of aryl methyl sites for hydroxylation is 2. The van der Waals surface area contributed by atoms with E-state index in [0.717, 1.165) is 17.7 Å². The first-order valence-electron chi connectivity index (χ1n) is 6.86. The maximum absolute atomic E-state index is 12.1. The molecule has 0 aliphatic rings. The Hall–Kier alpha value is -2.34. The minimum Gasteiger partial charge on any atom is -0.508 e. The average Bonchev–Trinajstić information content (AvgIpc) is 2.81. The van der Waals surface area contributed by atoms with E-state index in [0.29, 0.717) is 12.1 Å². The number of carbonyl (C=O) groups is 1. The molecule has 1 atom stereocenters. The Bertz CT molecular complexity index is 619. The van der Waals surface area contributed by atoms with Crippen molar-refractivity contribution in [3.63, 3.8) is 0 Å². The van der Waals surface area contributed by atoms with Gasteiger partial charge in [0.2, 0.25) is 5.91 Å². The fourth-order valence-electron chi connectivity index (χ4n) is 2.10. The van der Waals surface area contributed by atoms with Crippen LogP contribution >= 0.6 is 0 Å². The second-order valence-electron chi connectivity index (χ2n) is 4.98. The lowest BCUT2D eigenvalue weighted by atomic mass is 10.1. The van der Waals surface area contributed by atoms with E-state index in [9.17, 15) is 9.90 Å². The number of phenols is 1. The predicted octanol–water partition coefficient (Wildman–Crippen LogP) is 1.20. The van der Waals surface area contributed by atoms with Crippen molar-refractivity contribution < 1.29 is 9.90 Å². The van der Waals surface area contributed by atoms with Gasteiger partial charge in [-0.2, -0.15) is 5.10 Å². The Labute approximate surface area is 123 Å². The summed E-state index contributed by atoms with van der Waals surface area (Å²) in [5.41, 5.74) is 8.37. The molecule has 0 aliphatic carbocycles. The molecule has 2 aromatic rings. The second kappa shape index (κ2) is 6.41. The lowest BCUT2D eigenvalue weighted by molar-refractivity contribution is -0.117. The number of hydrogen-bond acceptors (Lipinski definition) is 4. The number of phenolic OH excluding ortho intramolecular Hbond substituents is 1. The molecule has 1 amide bonds. The lowest BCUT2D eigenvalue weighted by Gasteiger charge is -2.12. The van der Waals surface area contributed by atoms with E-state index in [2.05, 4.69) is 10.4 Å². The molecule has 0 aliphatic heterocycles. The molecule has 6 nitrogen and oxygen atoms in total. The van der Waals surface area contributed by atoms with Crippen LogP contribution in [0.3, 0.4) is 0 Å². The number of anilines is 1. The molecule has 1 heterocycles. The Balaban J connectivity index is 2.00. The number of aromatic hydroxyl groups is 1. The number of benzene rings is 1. The highest BCUT2D eigenvalue weighted by molar-refractivity contribution is 5.95. The van der Waals surface area contributed by atoms with E-state index in [4.69, 9.17) is 5.73 Å². The van der Waals surface area contributed by atoms with Crippen LogP contribution in [0.2, 0.25) is 0 Å². The van der Waals surface area contributed by atoms with Gasteiger partial charge < -0.3 is 16.2 Å². The van der Waals surface area contributed by atoms with Crippen LogP contribution < -0.4 is 11.1 Å². The smallest absolute Gasteiger partial charge is 0.241 e. The number of carbonyl (C=O) groups excluding carboxylic acids is 1. The molecule has 112 valence electrons. The van der Waals surface area contributed by atoms with Crippen LogP contribution in [-0.2, 0) is 24.7 Å². The number of aromatic nitrogens is 2. The topological polar surface area (TPSA) is 93.2 Å². The summed E-state index contributed by atoms with van der Waals surface area (Å²) in [5.74, 6) is -0.0505. The molecule has 0 saturated heterocycles. The third-order valence-corrected chi connectivity index (χ3v) is 3.23. The van der Waals surface area contributed by atoms with Gasteiger partial charge in [-0.05, 0) is 30.5 Å². The quantitative estimate of drug-likeness (QED) is 0.770. The third kappa shape index (κ3) is 3.82. The maximum atomic E-state index is 12.1. The first kappa shape index (κ1) is 15.1. The van der Waals surface area contributed by atoms with Crippen molar-refractivity contribution in [1.29, 1.82) is 0 Å². The molecule has 21 heavy (non-hydrogen) atoms. The van der Waals surface area contributed by atoms with Gasteiger partial charge in [0.25, 0.3) is 0 Å². The highest BCUT2D eigenvalue weighted by Crippen LogP contribution is 2.15. The van der Waals surface area contributed by atoms with E-state index < -0.39 is 6.04 Å². The zero-order valence-corrected chi connectivity index (χ0v) is 12.2. The molecule has 4 N–H and O–H groups in total. The van der Waals surface area contributed by atoms with Gasteiger partial charge in [0.15, 0.2) is 0 Å².